The van der Waals surface area contributed by atoms with E-state index in [0.29, 0.717) is 38.4 Å². The lowest BCUT2D eigenvalue weighted by Gasteiger charge is -2.25. The van der Waals surface area contributed by atoms with Crippen LogP contribution >= 0.6 is 23.2 Å². The number of hydrogen-bond donors (Lipinski definition) is 2. The average Bonchev–Trinajstić information content (AvgIpc) is 3.17. The predicted octanol–water partition coefficient (Wildman–Crippen LogP) is 4.62. The minimum Gasteiger partial charge on any atom is -0.493 e. The van der Waals surface area contributed by atoms with Crippen molar-refractivity contribution in [1.29, 1.82) is 5.26 Å². The number of halogens is 2. The van der Waals surface area contributed by atoms with Crippen LogP contribution in [0.3, 0.4) is 0 Å². The molecule has 30 heavy (non-hydrogen) atoms. The summed E-state index contributed by atoms with van der Waals surface area (Å²) in [5, 5.41) is 17.8. The van der Waals surface area contributed by atoms with Crippen LogP contribution in [-0.4, -0.2) is 24.4 Å². The minimum atomic E-state index is -0.619. The number of nitrogens with two attached hydrogens (primary N) is 1. The maximum absolute atomic E-state index is 9.82. The standard InChI is InChI=1S/C21H16Cl2N4O3/c1-28-14-7-6-10(8-15(14)29-2)19-17-16(11-4-3-5-13(22)18(11)23)12(9-24)20(25)30-21(17)27-26-19/h3-8,16H,25H2,1-2H3,(H,26,27)/t16-/m1/s1. The Balaban J connectivity index is 1.96. The van der Waals surface area contributed by atoms with Crippen molar-refractivity contribution in [1.82, 2.24) is 10.2 Å². The van der Waals surface area contributed by atoms with E-state index in [-0.39, 0.29) is 17.3 Å². The van der Waals surface area contributed by atoms with Gasteiger partial charge in [-0.05, 0) is 29.8 Å². The molecular weight excluding hydrogens is 427 g/mol. The van der Waals surface area contributed by atoms with Gasteiger partial charge in [0.25, 0.3) is 0 Å². The van der Waals surface area contributed by atoms with Gasteiger partial charge in [0.15, 0.2) is 11.5 Å². The summed E-state index contributed by atoms with van der Waals surface area (Å²) in [6, 6.07) is 12.8. The highest BCUT2D eigenvalue weighted by Gasteiger charge is 2.37. The topological polar surface area (TPSA) is 106 Å². The quantitative estimate of drug-likeness (QED) is 0.610. The molecule has 1 aliphatic rings. The molecule has 0 aliphatic carbocycles. The molecule has 2 aromatic carbocycles. The molecule has 0 radical (unpaired) electrons. The number of aromatic nitrogens is 2. The molecule has 0 saturated heterocycles. The fourth-order valence-corrected chi connectivity index (χ4v) is 3.93. The molecule has 3 aromatic rings. The molecular formula is C21H16Cl2N4O3. The molecule has 0 fully saturated rings. The third kappa shape index (κ3) is 3.11. The van der Waals surface area contributed by atoms with E-state index in [9.17, 15) is 5.26 Å². The molecule has 0 spiro atoms. The van der Waals surface area contributed by atoms with Crippen molar-refractivity contribution >= 4 is 23.2 Å². The number of benzene rings is 2. The Kier molecular flexibility index (Phi) is 5.20. The molecule has 1 aliphatic heterocycles. The summed E-state index contributed by atoms with van der Waals surface area (Å²) in [7, 11) is 3.12. The molecule has 0 unspecified atom stereocenters. The lowest BCUT2D eigenvalue weighted by molar-refractivity contribution is 0.355. The summed E-state index contributed by atoms with van der Waals surface area (Å²) >= 11 is 12.7. The Hall–Kier alpha value is -3.34. The van der Waals surface area contributed by atoms with E-state index in [2.05, 4.69) is 16.3 Å². The molecule has 7 nitrogen and oxygen atoms in total. The van der Waals surface area contributed by atoms with Crippen LogP contribution < -0.4 is 19.9 Å². The normalized spacial score (nSPS) is 15.2. The van der Waals surface area contributed by atoms with Crippen LogP contribution in [0.1, 0.15) is 17.0 Å². The first-order valence-corrected chi connectivity index (χ1v) is 9.57. The van der Waals surface area contributed by atoms with E-state index in [1.54, 1.807) is 44.6 Å². The van der Waals surface area contributed by atoms with Gasteiger partial charge >= 0.3 is 0 Å². The predicted molar refractivity (Wildman–Crippen MR) is 113 cm³/mol. The van der Waals surface area contributed by atoms with Crippen LogP contribution in [-0.2, 0) is 0 Å². The number of rotatable bonds is 4. The molecule has 2 heterocycles. The lowest BCUT2D eigenvalue weighted by Crippen LogP contribution is -2.21. The Labute approximate surface area is 182 Å². The number of aromatic amines is 1. The zero-order chi connectivity index (χ0) is 21.4. The van der Waals surface area contributed by atoms with Gasteiger partial charge in [-0.15, -0.1) is 5.10 Å². The summed E-state index contributed by atoms with van der Waals surface area (Å²) in [6.07, 6.45) is 0. The number of ether oxygens (including phenoxy) is 3. The second kappa shape index (κ2) is 7.82. The van der Waals surface area contributed by atoms with Crippen LogP contribution in [0.2, 0.25) is 10.0 Å². The van der Waals surface area contributed by atoms with E-state index in [4.69, 9.17) is 43.1 Å². The maximum atomic E-state index is 9.82. The molecule has 1 aromatic heterocycles. The Bertz CT molecular complexity index is 1210. The largest absolute Gasteiger partial charge is 0.493 e. The van der Waals surface area contributed by atoms with Gasteiger partial charge in [-0.1, -0.05) is 35.3 Å². The monoisotopic (exact) mass is 442 g/mol. The van der Waals surface area contributed by atoms with E-state index < -0.39 is 5.92 Å². The van der Waals surface area contributed by atoms with Crippen LogP contribution in [0.4, 0.5) is 0 Å². The number of fused-ring (bicyclic) bond motifs is 1. The molecule has 152 valence electrons. The van der Waals surface area contributed by atoms with Gasteiger partial charge in [0.2, 0.25) is 11.8 Å². The SMILES string of the molecule is COc1ccc(-c2[nH]nc3c2[C@H](c2cccc(Cl)c2Cl)C(C#N)=C(N)O3)cc1OC. The van der Waals surface area contributed by atoms with E-state index in [1.165, 1.54) is 0 Å². The summed E-state index contributed by atoms with van der Waals surface area (Å²) < 4.78 is 16.3. The van der Waals surface area contributed by atoms with Crippen molar-refractivity contribution < 1.29 is 14.2 Å². The first-order chi connectivity index (χ1) is 14.5. The second-order valence-electron chi connectivity index (χ2n) is 6.46. The zero-order valence-electron chi connectivity index (χ0n) is 16.0. The number of nitrogens with one attached hydrogen (secondary N) is 1. The lowest BCUT2D eigenvalue weighted by atomic mass is 9.83. The van der Waals surface area contributed by atoms with Crippen molar-refractivity contribution in [2.75, 3.05) is 14.2 Å². The molecule has 0 amide bonds. The molecule has 0 saturated carbocycles. The Morgan fingerprint density at radius 3 is 2.63 bits per heavy atom. The fourth-order valence-electron chi connectivity index (χ4n) is 3.51. The number of nitriles is 1. The number of methoxy groups -OCH3 is 2. The van der Waals surface area contributed by atoms with Gasteiger partial charge in [0.05, 0.1) is 41.4 Å². The number of hydrogen-bond acceptors (Lipinski definition) is 6. The van der Waals surface area contributed by atoms with E-state index >= 15 is 0 Å². The number of nitrogens with zero attached hydrogens (tertiary/aromatic N) is 2. The minimum absolute atomic E-state index is 0.0311. The zero-order valence-corrected chi connectivity index (χ0v) is 17.5. The summed E-state index contributed by atoms with van der Waals surface area (Å²) in [5.41, 5.74) is 8.87. The summed E-state index contributed by atoms with van der Waals surface area (Å²) in [5.74, 6) is 0.741. The third-order valence-electron chi connectivity index (χ3n) is 4.90. The van der Waals surface area contributed by atoms with Gasteiger partial charge in [-0.3, -0.25) is 5.10 Å². The Morgan fingerprint density at radius 1 is 1.17 bits per heavy atom. The molecule has 1 atom stereocenters. The molecule has 4 rings (SSSR count). The summed E-state index contributed by atoms with van der Waals surface area (Å²) in [6.45, 7) is 0. The number of allylic oxidation sites excluding steroid dienone is 1. The van der Waals surface area contributed by atoms with Crippen molar-refractivity contribution in [2.45, 2.75) is 5.92 Å². The van der Waals surface area contributed by atoms with Crippen molar-refractivity contribution in [3.05, 3.63) is 69.0 Å². The fraction of sp³-hybridized carbons (Fsp3) is 0.143. The first kappa shape index (κ1) is 20.0. The highest BCUT2D eigenvalue weighted by molar-refractivity contribution is 6.42. The van der Waals surface area contributed by atoms with Gasteiger partial charge in [0, 0.05) is 5.56 Å². The molecule has 0 bridgehead atoms. The van der Waals surface area contributed by atoms with E-state index in [0.717, 1.165) is 5.56 Å². The highest BCUT2D eigenvalue weighted by atomic mass is 35.5. The molecule has 3 N–H and O–H groups in total. The van der Waals surface area contributed by atoms with Crippen molar-refractivity contribution in [2.24, 2.45) is 5.73 Å². The second-order valence-corrected chi connectivity index (χ2v) is 7.24. The number of H-pyrrole nitrogens is 1. The highest BCUT2D eigenvalue weighted by Crippen LogP contribution is 2.48. The van der Waals surface area contributed by atoms with Gasteiger partial charge < -0.3 is 19.9 Å². The van der Waals surface area contributed by atoms with Crippen LogP contribution in [0.5, 0.6) is 17.4 Å². The molecule has 9 heteroatoms. The van der Waals surface area contributed by atoms with Crippen molar-refractivity contribution in [3.63, 3.8) is 0 Å². The van der Waals surface area contributed by atoms with Gasteiger partial charge in [-0.25, -0.2) is 0 Å². The van der Waals surface area contributed by atoms with Crippen molar-refractivity contribution in [3.8, 4) is 34.7 Å². The van der Waals surface area contributed by atoms with Crippen LogP contribution in [0.15, 0.2) is 47.9 Å². The smallest absolute Gasteiger partial charge is 0.244 e. The van der Waals surface area contributed by atoms with Crippen LogP contribution in [0, 0.1) is 11.3 Å². The van der Waals surface area contributed by atoms with Gasteiger partial charge in [-0.2, -0.15) is 5.26 Å². The van der Waals surface area contributed by atoms with Crippen LogP contribution in [0.25, 0.3) is 11.3 Å². The van der Waals surface area contributed by atoms with Gasteiger partial charge in [0.1, 0.15) is 11.6 Å². The Morgan fingerprint density at radius 2 is 1.93 bits per heavy atom. The third-order valence-corrected chi connectivity index (χ3v) is 5.74. The van der Waals surface area contributed by atoms with E-state index in [1.807, 2.05) is 6.07 Å². The summed E-state index contributed by atoms with van der Waals surface area (Å²) in [4.78, 5) is 0. The average molecular weight is 443 g/mol. The maximum Gasteiger partial charge on any atom is 0.244 e. The first-order valence-electron chi connectivity index (χ1n) is 8.82.